The largest absolute Gasteiger partial charge is 0.370 e. The van der Waals surface area contributed by atoms with Crippen molar-refractivity contribution in [1.82, 2.24) is 14.9 Å². The molecule has 0 spiro atoms. The topological polar surface area (TPSA) is 41.0 Å². The minimum atomic E-state index is 0.768. The van der Waals surface area contributed by atoms with Crippen LogP contribution in [0.3, 0.4) is 0 Å². The molecule has 1 saturated carbocycles. The standard InChI is InChI=1S/C12H17BrN4/c13-11-5-12(16-8-15-11)14-6-9-3-4-17(7-9)10-1-2-10/h5,8-10H,1-4,6-7H2,(H,14,15,16). The van der Waals surface area contributed by atoms with E-state index in [2.05, 4.69) is 36.1 Å². The molecule has 1 unspecified atom stereocenters. The van der Waals surface area contributed by atoms with Crippen molar-refractivity contribution < 1.29 is 0 Å². The van der Waals surface area contributed by atoms with Gasteiger partial charge in [0, 0.05) is 25.2 Å². The highest BCUT2D eigenvalue weighted by Crippen LogP contribution is 2.31. The number of nitrogens with one attached hydrogen (secondary N) is 1. The van der Waals surface area contributed by atoms with Crippen LogP contribution in [0.25, 0.3) is 0 Å². The van der Waals surface area contributed by atoms with Gasteiger partial charge in [-0.2, -0.15) is 0 Å². The van der Waals surface area contributed by atoms with E-state index in [1.54, 1.807) is 6.33 Å². The number of anilines is 1. The highest BCUT2D eigenvalue weighted by Gasteiger charge is 2.34. The lowest BCUT2D eigenvalue weighted by Crippen LogP contribution is -2.24. The van der Waals surface area contributed by atoms with Gasteiger partial charge in [-0.25, -0.2) is 9.97 Å². The lowest BCUT2D eigenvalue weighted by Gasteiger charge is -2.15. The fourth-order valence-corrected chi connectivity index (χ4v) is 2.79. The van der Waals surface area contributed by atoms with Gasteiger partial charge in [0.25, 0.3) is 0 Å². The minimum absolute atomic E-state index is 0.768. The molecule has 2 heterocycles. The molecule has 0 bridgehead atoms. The quantitative estimate of drug-likeness (QED) is 0.865. The molecule has 2 aliphatic rings. The van der Waals surface area contributed by atoms with Crippen molar-refractivity contribution in [2.75, 3.05) is 25.0 Å². The van der Waals surface area contributed by atoms with E-state index in [1.165, 1.54) is 32.4 Å². The third-order valence-corrected chi connectivity index (χ3v) is 4.02. The first-order valence-electron chi connectivity index (χ1n) is 6.27. The third kappa shape index (κ3) is 2.96. The highest BCUT2D eigenvalue weighted by molar-refractivity contribution is 9.10. The number of aromatic nitrogens is 2. The van der Waals surface area contributed by atoms with Crippen molar-refractivity contribution >= 4 is 21.7 Å². The molecule has 1 aromatic rings. The molecule has 1 aromatic heterocycles. The van der Waals surface area contributed by atoms with Crippen LogP contribution in [0.1, 0.15) is 19.3 Å². The van der Waals surface area contributed by atoms with Crippen LogP contribution in [0.5, 0.6) is 0 Å². The maximum atomic E-state index is 4.20. The molecule has 2 fully saturated rings. The first-order chi connectivity index (χ1) is 8.31. The Balaban J connectivity index is 1.48. The fourth-order valence-electron chi connectivity index (χ4n) is 2.48. The van der Waals surface area contributed by atoms with Crippen molar-refractivity contribution in [2.24, 2.45) is 5.92 Å². The Hall–Kier alpha value is -0.680. The van der Waals surface area contributed by atoms with E-state index in [1.807, 2.05) is 6.07 Å². The van der Waals surface area contributed by atoms with Crippen LogP contribution >= 0.6 is 15.9 Å². The van der Waals surface area contributed by atoms with Gasteiger partial charge in [0.2, 0.25) is 0 Å². The predicted molar refractivity (Wildman–Crippen MR) is 70.9 cm³/mol. The van der Waals surface area contributed by atoms with Gasteiger partial charge in [0.1, 0.15) is 16.7 Å². The summed E-state index contributed by atoms with van der Waals surface area (Å²) >= 11 is 3.35. The molecule has 1 aliphatic heterocycles. The smallest absolute Gasteiger partial charge is 0.130 e. The fraction of sp³-hybridized carbons (Fsp3) is 0.667. The van der Waals surface area contributed by atoms with Crippen LogP contribution < -0.4 is 5.32 Å². The normalized spacial score (nSPS) is 25.1. The van der Waals surface area contributed by atoms with Crippen molar-refractivity contribution in [2.45, 2.75) is 25.3 Å². The molecule has 4 nitrogen and oxygen atoms in total. The molecule has 0 radical (unpaired) electrons. The van der Waals surface area contributed by atoms with Crippen molar-refractivity contribution in [1.29, 1.82) is 0 Å². The van der Waals surface area contributed by atoms with E-state index in [0.717, 1.165) is 28.9 Å². The first kappa shape index (κ1) is 11.4. The number of hydrogen-bond acceptors (Lipinski definition) is 4. The molecular weight excluding hydrogens is 280 g/mol. The molecule has 0 amide bonds. The monoisotopic (exact) mass is 296 g/mol. The van der Waals surface area contributed by atoms with Gasteiger partial charge in [-0.05, 0) is 47.7 Å². The van der Waals surface area contributed by atoms with E-state index in [4.69, 9.17) is 0 Å². The first-order valence-corrected chi connectivity index (χ1v) is 7.06. The van der Waals surface area contributed by atoms with E-state index < -0.39 is 0 Å². The Morgan fingerprint density at radius 2 is 2.24 bits per heavy atom. The summed E-state index contributed by atoms with van der Waals surface area (Å²) in [5.74, 6) is 1.68. The number of likely N-dealkylation sites (tertiary alicyclic amines) is 1. The van der Waals surface area contributed by atoms with Crippen LogP contribution in [0, 0.1) is 5.92 Å². The van der Waals surface area contributed by atoms with Crippen LogP contribution in [0.2, 0.25) is 0 Å². The number of halogens is 1. The number of nitrogens with zero attached hydrogens (tertiary/aromatic N) is 3. The van der Waals surface area contributed by atoms with E-state index in [-0.39, 0.29) is 0 Å². The van der Waals surface area contributed by atoms with Gasteiger partial charge in [-0.1, -0.05) is 0 Å². The van der Waals surface area contributed by atoms with Gasteiger partial charge in [-0.3, -0.25) is 0 Å². The van der Waals surface area contributed by atoms with Crippen molar-refractivity contribution in [3.8, 4) is 0 Å². The minimum Gasteiger partial charge on any atom is -0.370 e. The second kappa shape index (κ2) is 4.90. The predicted octanol–water partition coefficient (Wildman–Crippen LogP) is 2.14. The molecule has 92 valence electrons. The average Bonchev–Trinajstić information content (AvgIpc) is 3.07. The second-order valence-electron chi connectivity index (χ2n) is 4.99. The summed E-state index contributed by atoms with van der Waals surface area (Å²) < 4.78 is 0.834. The Bertz CT molecular complexity index is 394. The van der Waals surface area contributed by atoms with Crippen LogP contribution in [0.15, 0.2) is 17.0 Å². The summed E-state index contributed by atoms with van der Waals surface area (Å²) in [6.45, 7) is 3.56. The Morgan fingerprint density at radius 3 is 3.00 bits per heavy atom. The van der Waals surface area contributed by atoms with Crippen LogP contribution in [-0.2, 0) is 0 Å². The summed E-state index contributed by atoms with van der Waals surface area (Å²) in [5, 5.41) is 3.40. The summed E-state index contributed by atoms with van der Waals surface area (Å²) in [4.78, 5) is 10.9. The molecule has 1 N–H and O–H groups in total. The summed E-state index contributed by atoms with van der Waals surface area (Å²) in [6.07, 6.45) is 5.73. The maximum absolute atomic E-state index is 4.20. The molecule has 5 heteroatoms. The van der Waals surface area contributed by atoms with Crippen molar-refractivity contribution in [3.63, 3.8) is 0 Å². The van der Waals surface area contributed by atoms with E-state index in [0.29, 0.717) is 0 Å². The summed E-state index contributed by atoms with van der Waals surface area (Å²) in [7, 11) is 0. The van der Waals surface area contributed by atoms with E-state index >= 15 is 0 Å². The Morgan fingerprint density at radius 1 is 1.35 bits per heavy atom. The number of rotatable bonds is 4. The van der Waals surface area contributed by atoms with Gasteiger partial charge in [0.15, 0.2) is 0 Å². The zero-order valence-corrected chi connectivity index (χ0v) is 11.4. The molecule has 1 atom stereocenters. The zero-order valence-electron chi connectivity index (χ0n) is 9.77. The molecule has 0 aromatic carbocycles. The lowest BCUT2D eigenvalue weighted by molar-refractivity contribution is 0.316. The summed E-state index contributed by atoms with van der Waals surface area (Å²) in [6, 6.07) is 2.83. The molecule has 3 rings (SSSR count). The lowest BCUT2D eigenvalue weighted by atomic mass is 10.1. The van der Waals surface area contributed by atoms with Gasteiger partial charge in [0.05, 0.1) is 0 Å². The van der Waals surface area contributed by atoms with E-state index in [9.17, 15) is 0 Å². The van der Waals surface area contributed by atoms with Gasteiger partial charge >= 0.3 is 0 Å². The highest BCUT2D eigenvalue weighted by atomic mass is 79.9. The number of hydrogen-bond donors (Lipinski definition) is 1. The molecule has 1 aliphatic carbocycles. The SMILES string of the molecule is Brc1cc(NCC2CCN(C3CC3)C2)ncn1. The Labute approximate surface area is 110 Å². The van der Waals surface area contributed by atoms with Crippen molar-refractivity contribution in [3.05, 3.63) is 17.0 Å². The van der Waals surface area contributed by atoms with Gasteiger partial charge < -0.3 is 10.2 Å². The zero-order chi connectivity index (χ0) is 11.7. The molecule has 1 saturated heterocycles. The molecular formula is C12H17BrN4. The van der Waals surface area contributed by atoms with Crippen LogP contribution in [0.4, 0.5) is 5.82 Å². The average molecular weight is 297 g/mol. The summed E-state index contributed by atoms with van der Waals surface area (Å²) in [5.41, 5.74) is 0. The third-order valence-electron chi connectivity index (χ3n) is 3.59. The van der Waals surface area contributed by atoms with Gasteiger partial charge in [-0.15, -0.1) is 0 Å². The van der Waals surface area contributed by atoms with Crippen LogP contribution in [-0.4, -0.2) is 40.5 Å². The molecule has 17 heavy (non-hydrogen) atoms. The maximum Gasteiger partial charge on any atom is 0.130 e. The second-order valence-corrected chi connectivity index (χ2v) is 5.80. The Kier molecular flexibility index (Phi) is 3.29.